The summed E-state index contributed by atoms with van der Waals surface area (Å²) in [6.45, 7) is 0. The Hall–Kier alpha value is -3.45. The van der Waals surface area contributed by atoms with Gasteiger partial charge in [-0.1, -0.05) is 41.9 Å². The van der Waals surface area contributed by atoms with Gasteiger partial charge in [0.25, 0.3) is 5.91 Å². The summed E-state index contributed by atoms with van der Waals surface area (Å²) in [5, 5.41) is 14.8. The number of para-hydroxylation sites is 1. The molecule has 2 N–H and O–H groups in total. The maximum absolute atomic E-state index is 12.9. The molecule has 29 heavy (non-hydrogen) atoms. The van der Waals surface area contributed by atoms with Crippen molar-refractivity contribution in [2.45, 2.75) is 19.3 Å². The van der Waals surface area contributed by atoms with Crippen molar-refractivity contribution >= 4 is 23.5 Å². The van der Waals surface area contributed by atoms with Crippen molar-refractivity contribution in [3.63, 3.8) is 0 Å². The summed E-state index contributed by atoms with van der Waals surface area (Å²) in [6, 6.07) is 17.2. The fraction of sp³-hybridized carbons (Fsp3) is 0.143. The molecule has 0 saturated heterocycles. The van der Waals surface area contributed by atoms with Gasteiger partial charge in [-0.05, 0) is 43.5 Å². The number of nitrogens with zero attached hydrogens (tertiary/aromatic N) is 4. The summed E-state index contributed by atoms with van der Waals surface area (Å²) in [4.78, 5) is 17.3. The molecular formula is C21H17ClN6O. The maximum Gasteiger partial charge on any atom is 0.278 e. The molecule has 1 amide bonds. The summed E-state index contributed by atoms with van der Waals surface area (Å²) in [5.74, 6) is 0.361. The number of halogens is 1. The topological polar surface area (TPSA) is 88.5 Å². The van der Waals surface area contributed by atoms with Crippen molar-refractivity contribution in [3.05, 3.63) is 76.6 Å². The van der Waals surface area contributed by atoms with Crippen molar-refractivity contribution < 1.29 is 4.79 Å². The van der Waals surface area contributed by atoms with Gasteiger partial charge in [0, 0.05) is 16.8 Å². The van der Waals surface area contributed by atoms with E-state index in [9.17, 15) is 4.79 Å². The number of fused-ring (bicyclic) bond motifs is 1. The van der Waals surface area contributed by atoms with E-state index < -0.39 is 0 Å². The monoisotopic (exact) mass is 404 g/mol. The van der Waals surface area contributed by atoms with E-state index in [0.717, 1.165) is 41.8 Å². The predicted molar refractivity (Wildman–Crippen MR) is 110 cm³/mol. The number of hydrogen-bond donors (Lipinski definition) is 2. The largest absolute Gasteiger partial charge is 0.288 e. The minimum absolute atomic E-state index is 0.186. The van der Waals surface area contributed by atoms with E-state index in [0.29, 0.717) is 16.5 Å². The van der Waals surface area contributed by atoms with Crippen LogP contribution in [-0.4, -0.2) is 30.9 Å². The molecule has 2 heterocycles. The Morgan fingerprint density at radius 2 is 1.86 bits per heavy atom. The second kappa shape index (κ2) is 7.18. The number of anilines is 1. The van der Waals surface area contributed by atoms with E-state index in [-0.39, 0.29) is 11.9 Å². The third kappa shape index (κ3) is 3.19. The molecule has 2 aromatic heterocycles. The zero-order valence-electron chi connectivity index (χ0n) is 15.4. The van der Waals surface area contributed by atoms with E-state index in [1.165, 1.54) is 0 Å². The highest BCUT2D eigenvalue weighted by atomic mass is 35.5. The summed E-state index contributed by atoms with van der Waals surface area (Å²) in [6.07, 6.45) is 2.75. The molecule has 2 aromatic carbocycles. The fourth-order valence-electron chi connectivity index (χ4n) is 3.65. The lowest BCUT2D eigenvalue weighted by molar-refractivity contribution is 0.102. The minimum atomic E-state index is -0.317. The molecule has 4 aromatic rings. The first-order chi connectivity index (χ1) is 14.2. The molecule has 1 aliphatic rings. The van der Waals surface area contributed by atoms with Crippen LogP contribution in [0.3, 0.4) is 0 Å². The van der Waals surface area contributed by atoms with Gasteiger partial charge in [0.15, 0.2) is 11.5 Å². The number of benzene rings is 2. The molecule has 7 nitrogen and oxygen atoms in total. The number of amides is 1. The average Bonchev–Trinajstić information content (AvgIpc) is 3.45. The standard InChI is InChI=1S/C21H17ClN6O/c22-16-11-5-4-9-14(16)19-23-21(26-25-19)24-20(29)18-15-10-6-12-17(15)28(27-18)13-7-2-1-3-8-13/h1-5,7-9,11H,6,10,12H2,(H2,23,24,25,26,29). The number of aromatic amines is 1. The van der Waals surface area contributed by atoms with Crippen LogP contribution in [0.5, 0.6) is 0 Å². The van der Waals surface area contributed by atoms with Crippen LogP contribution in [0.4, 0.5) is 5.95 Å². The van der Waals surface area contributed by atoms with E-state index in [4.69, 9.17) is 11.6 Å². The number of rotatable bonds is 4. The Kier molecular flexibility index (Phi) is 4.37. The van der Waals surface area contributed by atoms with Crippen molar-refractivity contribution in [2.24, 2.45) is 0 Å². The molecular weight excluding hydrogens is 388 g/mol. The van der Waals surface area contributed by atoms with Gasteiger partial charge in [-0.25, -0.2) is 4.68 Å². The minimum Gasteiger partial charge on any atom is -0.288 e. The number of nitrogens with one attached hydrogen (secondary N) is 2. The van der Waals surface area contributed by atoms with Crippen molar-refractivity contribution in [2.75, 3.05) is 5.32 Å². The number of H-pyrrole nitrogens is 1. The van der Waals surface area contributed by atoms with Crippen LogP contribution in [0.25, 0.3) is 17.1 Å². The molecule has 5 rings (SSSR count). The third-order valence-corrected chi connectivity index (χ3v) is 5.32. The first-order valence-electron chi connectivity index (χ1n) is 9.35. The first kappa shape index (κ1) is 17.6. The van der Waals surface area contributed by atoms with Gasteiger partial charge >= 0.3 is 0 Å². The number of hydrogen-bond acceptors (Lipinski definition) is 4. The van der Waals surface area contributed by atoms with E-state index >= 15 is 0 Å². The average molecular weight is 405 g/mol. The van der Waals surface area contributed by atoms with Crippen LogP contribution in [-0.2, 0) is 12.8 Å². The van der Waals surface area contributed by atoms with Crippen LogP contribution in [0.15, 0.2) is 54.6 Å². The van der Waals surface area contributed by atoms with Gasteiger partial charge in [0.05, 0.1) is 10.7 Å². The van der Waals surface area contributed by atoms with Crippen LogP contribution < -0.4 is 5.32 Å². The normalized spacial score (nSPS) is 12.7. The summed E-state index contributed by atoms with van der Waals surface area (Å²) < 4.78 is 1.87. The molecule has 0 unspecified atom stereocenters. The Labute approximate surface area is 171 Å². The Morgan fingerprint density at radius 3 is 2.69 bits per heavy atom. The molecule has 0 saturated carbocycles. The van der Waals surface area contributed by atoms with Gasteiger partial charge < -0.3 is 0 Å². The fourth-order valence-corrected chi connectivity index (χ4v) is 3.88. The number of carbonyl (C=O) groups excluding carboxylic acids is 1. The van der Waals surface area contributed by atoms with Crippen molar-refractivity contribution in [1.82, 2.24) is 25.0 Å². The molecule has 0 spiro atoms. The van der Waals surface area contributed by atoms with Gasteiger partial charge in [0.1, 0.15) is 0 Å². The van der Waals surface area contributed by atoms with E-state index in [1.54, 1.807) is 6.07 Å². The highest BCUT2D eigenvalue weighted by molar-refractivity contribution is 6.33. The molecule has 0 radical (unpaired) electrons. The Bertz CT molecular complexity index is 1200. The molecule has 0 bridgehead atoms. The second-order valence-electron chi connectivity index (χ2n) is 6.82. The number of carbonyl (C=O) groups is 1. The highest BCUT2D eigenvalue weighted by Crippen LogP contribution is 2.29. The third-order valence-electron chi connectivity index (χ3n) is 4.99. The molecule has 8 heteroatoms. The SMILES string of the molecule is O=C(Nc1n[nH]c(-c2ccccc2Cl)n1)c1nn(-c2ccccc2)c2c1CCC2. The smallest absolute Gasteiger partial charge is 0.278 e. The Balaban J connectivity index is 1.43. The summed E-state index contributed by atoms with van der Waals surface area (Å²) >= 11 is 6.21. The Morgan fingerprint density at radius 1 is 1.07 bits per heavy atom. The molecule has 0 aliphatic heterocycles. The van der Waals surface area contributed by atoms with E-state index in [1.807, 2.05) is 53.2 Å². The van der Waals surface area contributed by atoms with Gasteiger partial charge in [-0.15, -0.1) is 5.10 Å². The van der Waals surface area contributed by atoms with Crippen LogP contribution in [0.2, 0.25) is 5.02 Å². The maximum atomic E-state index is 12.9. The molecule has 0 fully saturated rings. The van der Waals surface area contributed by atoms with Crippen LogP contribution in [0, 0.1) is 0 Å². The zero-order chi connectivity index (χ0) is 19.8. The van der Waals surface area contributed by atoms with Crippen LogP contribution >= 0.6 is 11.6 Å². The molecule has 144 valence electrons. The van der Waals surface area contributed by atoms with E-state index in [2.05, 4.69) is 25.6 Å². The number of aromatic nitrogens is 5. The van der Waals surface area contributed by atoms with Gasteiger partial charge in [-0.3, -0.25) is 15.2 Å². The molecule has 1 aliphatic carbocycles. The highest BCUT2D eigenvalue weighted by Gasteiger charge is 2.27. The van der Waals surface area contributed by atoms with Crippen molar-refractivity contribution in [3.8, 4) is 17.1 Å². The summed E-state index contributed by atoms with van der Waals surface area (Å²) in [7, 11) is 0. The lowest BCUT2D eigenvalue weighted by Gasteiger charge is -2.04. The zero-order valence-corrected chi connectivity index (χ0v) is 16.1. The first-order valence-corrected chi connectivity index (χ1v) is 9.73. The van der Waals surface area contributed by atoms with Crippen LogP contribution in [0.1, 0.15) is 28.2 Å². The second-order valence-corrected chi connectivity index (χ2v) is 7.22. The summed E-state index contributed by atoms with van der Waals surface area (Å²) in [5.41, 5.74) is 4.17. The van der Waals surface area contributed by atoms with Gasteiger partial charge in [0.2, 0.25) is 5.95 Å². The lowest BCUT2D eigenvalue weighted by atomic mass is 10.2. The molecule has 0 atom stereocenters. The van der Waals surface area contributed by atoms with Crippen molar-refractivity contribution in [1.29, 1.82) is 0 Å². The van der Waals surface area contributed by atoms with Gasteiger partial charge in [-0.2, -0.15) is 10.1 Å². The quantitative estimate of drug-likeness (QED) is 0.537. The predicted octanol–water partition coefficient (Wildman–Crippen LogP) is 4.05. The lowest BCUT2D eigenvalue weighted by Crippen LogP contribution is -2.16.